The van der Waals surface area contributed by atoms with E-state index in [9.17, 15) is 9.18 Å². The standard InChI is InChI=1S/C11H11FN2O/c12-8-3-1-7(2-4-8)11-10(13)9(15)5-6-14-11/h1-4,10H,5-6,13H2. The Bertz CT molecular complexity index is 411. The summed E-state index contributed by atoms with van der Waals surface area (Å²) in [6, 6.07) is 5.19. The minimum Gasteiger partial charge on any atom is -0.317 e. The van der Waals surface area contributed by atoms with Gasteiger partial charge in [-0.2, -0.15) is 0 Å². The summed E-state index contributed by atoms with van der Waals surface area (Å²) in [5.41, 5.74) is 7.00. The number of aliphatic imine (C=N–C) groups is 1. The van der Waals surface area contributed by atoms with Crippen LogP contribution >= 0.6 is 0 Å². The second-order valence-corrected chi connectivity index (χ2v) is 3.47. The predicted molar refractivity (Wildman–Crippen MR) is 55.4 cm³/mol. The van der Waals surface area contributed by atoms with Crippen LogP contribution in [-0.4, -0.2) is 24.1 Å². The van der Waals surface area contributed by atoms with E-state index in [0.717, 1.165) is 5.56 Å². The monoisotopic (exact) mass is 206 g/mol. The summed E-state index contributed by atoms with van der Waals surface area (Å²) >= 11 is 0. The number of nitrogens with two attached hydrogens (primary N) is 1. The topological polar surface area (TPSA) is 55.5 Å². The number of ketones is 1. The number of halogens is 1. The van der Waals surface area contributed by atoms with Gasteiger partial charge in [0.25, 0.3) is 0 Å². The molecule has 78 valence electrons. The number of rotatable bonds is 1. The molecule has 0 aromatic heterocycles. The second kappa shape index (κ2) is 3.90. The molecule has 2 rings (SSSR count). The van der Waals surface area contributed by atoms with Crippen LogP contribution in [0.5, 0.6) is 0 Å². The van der Waals surface area contributed by atoms with E-state index in [2.05, 4.69) is 4.99 Å². The van der Waals surface area contributed by atoms with Crippen molar-refractivity contribution in [1.29, 1.82) is 0 Å². The van der Waals surface area contributed by atoms with Crippen LogP contribution in [0.25, 0.3) is 0 Å². The molecule has 1 aromatic rings. The number of hydrogen-bond acceptors (Lipinski definition) is 3. The number of carbonyl (C=O) groups is 1. The lowest BCUT2D eigenvalue weighted by atomic mass is 9.96. The van der Waals surface area contributed by atoms with Crippen LogP contribution in [-0.2, 0) is 4.79 Å². The molecule has 0 saturated heterocycles. The zero-order chi connectivity index (χ0) is 10.8. The predicted octanol–water partition coefficient (Wildman–Crippen LogP) is 0.915. The maximum Gasteiger partial charge on any atom is 0.157 e. The van der Waals surface area contributed by atoms with Crippen molar-refractivity contribution in [1.82, 2.24) is 0 Å². The maximum atomic E-state index is 12.7. The quantitative estimate of drug-likeness (QED) is 0.742. The van der Waals surface area contributed by atoms with E-state index in [1.807, 2.05) is 0 Å². The smallest absolute Gasteiger partial charge is 0.157 e. The minimum absolute atomic E-state index is 0.00988. The molecule has 0 fully saturated rings. The van der Waals surface area contributed by atoms with E-state index in [1.165, 1.54) is 12.1 Å². The van der Waals surface area contributed by atoms with Crippen LogP contribution in [0.3, 0.4) is 0 Å². The van der Waals surface area contributed by atoms with E-state index in [0.29, 0.717) is 18.7 Å². The number of benzene rings is 1. The van der Waals surface area contributed by atoms with Crippen LogP contribution in [0.4, 0.5) is 4.39 Å². The fourth-order valence-corrected chi connectivity index (χ4v) is 1.58. The average Bonchev–Trinajstić information content (AvgIpc) is 2.24. The summed E-state index contributed by atoms with van der Waals surface area (Å²) < 4.78 is 12.7. The zero-order valence-corrected chi connectivity index (χ0v) is 8.11. The molecular weight excluding hydrogens is 195 g/mol. The Morgan fingerprint density at radius 3 is 2.67 bits per heavy atom. The zero-order valence-electron chi connectivity index (χ0n) is 8.11. The van der Waals surface area contributed by atoms with E-state index in [-0.39, 0.29) is 11.6 Å². The van der Waals surface area contributed by atoms with Gasteiger partial charge in [0, 0.05) is 13.0 Å². The normalized spacial score (nSPS) is 21.3. The molecule has 1 aliphatic rings. The van der Waals surface area contributed by atoms with Crippen molar-refractivity contribution in [2.75, 3.05) is 6.54 Å². The molecule has 0 radical (unpaired) electrons. The van der Waals surface area contributed by atoms with Gasteiger partial charge in [0.2, 0.25) is 0 Å². The lowest BCUT2D eigenvalue weighted by molar-refractivity contribution is -0.119. The molecule has 1 unspecified atom stereocenters. The van der Waals surface area contributed by atoms with Crippen LogP contribution in [0, 0.1) is 5.82 Å². The number of nitrogens with zero attached hydrogens (tertiary/aromatic N) is 1. The van der Waals surface area contributed by atoms with Crippen molar-refractivity contribution in [2.45, 2.75) is 12.5 Å². The first kappa shape index (κ1) is 9.98. The molecule has 15 heavy (non-hydrogen) atoms. The van der Waals surface area contributed by atoms with Gasteiger partial charge in [-0.1, -0.05) is 12.1 Å². The van der Waals surface area contributed by atoms with Gasteiger partial charge in [-0.15, -0.1) is 0 Å². The highest BCUT2D eigenvalue weighted by atomic mass is 19.1. The Hall–Kier alpha value is -1.55. The molecule has 0 bridgehead atoms. The number of hydrogen-bond donors (Lipinski definition) is 1. The second-order valence-electron chi connectivity index (χ2n) is 3.47. The molecule has 2 N–H and O–H groups in total. The van der Waals surface area contributed by atoms with Crippen molar-refractivity contribution in [3.63, 3.8) is 0 Å². The first-order chi connectivity index (χ1) is 7.18. The van der Waals surface area contributed by atoms with Crippen molar-refractivity contribution < 1.29 is 9.18 Å². The summed E-state index contributed by atoms with van der Waals surface area (Å²) in [7, 11) is 0. The molecular formula is C11H11FN2O. The van der Waals surface area contributed by atoms with Crippen molar-refractivity contribution >= 4 is 11.5 Å². The van der Waals surface area contributed by atoms with E-state index in [4.69, 9.17) is 5.73 Å². The Morgan fingerprint density at radius 2 is 2.00 bits per heavy atom. The number of carbonyl (C=O) groups excluding carboxylic acids is 1. The average molecular weight is 206 g/mol. The highest BCUT2D eigenvalue weighted by Crippen LogP contribution is 2.11. The van der Waals surface area contributed by atoms with Crippen LogP contribution < -0.4 is 5.73 Å². The Balaban J connectivity index is 2.34. The van der Waals surface area contributed by atoms with Gasteiger partial charge in [0.05, 0.1) is 5.71 Å². The van der Waals surface area contributed by atoms with Gasteiger partial charge in [-0.3, -0.25) is 9.79 Å². The summed E-state index contributed by atoms with van der Waals surface area (Å²) in [4.78, 5) is 15.6. The van der Waals surface area contributed by atoms with Crippen molar-refractivity contribution in [2.24, 2.45) is 10.7 Å². The molecule has 1 aliphatic heterocycles. The lowest BCUT2D eigenvalue weighted by Crippen LogP contribution is -2.42. The van der Waals surface area contributed by atoms with Gasteiger partial charge in [0.15, 0.2) is 5.78 Å². The summed E-state index contributed by atoms with van der Waals surface area (Å²) in [6.45, 7) is 0.471. The van der Waals surface area contributed by atoms with Gasteiger partial charge in [0.1, 0.15) is 11.9 Å². The molecule has 0 saturated carbocycles. The minimum atomic E-state index is -0.663. The van der Waals surface area contributed by atoms with Crippen LogP contribution in [0.1, 0.15) is 12.0 Å². The van der Waals surface area contributed by atoms with Crippen LogP contribution in [0.15, 0.2) is 29.3 Å². The Kier molecular flexibility index (Phi) is 2.60. The number of Topliss-reactive ketones (excluding diaryl/α,β-unsaturated/α-hetero) is 1. The van der Waals surface area contributed by atoms with Gasteiger partial charge in [-0.25, -0.2) is 4.39 Å². The molecule has 1 aromatic carbocycles. The summed E-state index contributed by atoms with van der Waals surface area (Å²) in [6.07, 6.45) is 0.395. The molecule has 0 amide bonds. The SMILES string of the molecule is NC1C(=O)CCN=C1c1ccc(F)cc1. The maximum absolute atomic E-state index is 12.7. The third kappa shape index (κ3) is 1.94. The molecule has 1 heterocycles. The van der Waals surface area contributed by atoms with Gasteiger partial charge < -0.3 is 5.73 Å². The Labute approximate surface area is 86.8 Å². The third-order valence-electron chi connectivity index (χ3n) is 2.42. The van der Waals surface area contributed by atoms with E-state index >= 15 is 0 Å². The molecule has 1 atom stereocenters. The first-order valence-electron chi connectivity index (χ1n) is 4.77. The van der Waals surface area contributed by atoms with Crippen molar-refractivity contribution in [3.05, 3.63) is 35.6 Å². The fourth-order valence-electron chi connectivity index (χ4n) is 1.58. The summed E-state index contributed by atoms with van der Waals surface area (Å²) in [5, 5.41) is 0. The first-order valence-corrected chi connectivity index (χ1v) is 4.77. The molecule has 0 spiro atoms. The van der Waals surface area contributed by atoms with E-state index < -0.39 is 6.04 Å². The highest BCUT2D eigenvalue weighted by Gasteiger charge is 2.24. The molecule has 4 heteroatoms. The lowest BCUT2D eigenvalue weighted by Gasteiger charge is -2.18. The Morgan fingerprint density at radius 1 is 1.33 bits per heavy atom. The molecule has 3 nitrogen and oxygen atoms in total. The van der Waals surface area contributed by atoms with Gasteiger partial charge >= 0.3 is 0 Å². The van der Waals surface area contributed by atoms with E-state index in [1.54, 1.807) is 12.1 Å². The van der Waals surface area contributed by atoms with Crippen molar-refractivity contribution in [3.8, 4) is 0 Å². The summed E-state index contributed by atoms with van der Waals surface area (Å²) in [5.74, 6) is -0.320. The molecule has 0 aliphatic carbocycles. The third-order valence-corrected chi connectivity index (χ3v) is 2.42. The van der Waals surface area contributed by atoms with Gasteiger partial charge in [-0.05, 0) is 17.7 Å². The van der Waals surface area contributed by atoms with Crippen LogP contribution in [0.2, 0.25) is 0 Å². The highest BCUT2D eigenvalue weighted by molar-refractivity contribution is 6.17. The fraction of sp³-hybridized carbons (Fsp3) is 0.273. The largest absolute Gasteiger partial charge is 0.317 e.